The van der Waals surface area contributed by atoms with Crippen LogP contribution in [-0.4, -0.2) is 22.8 Å². The molecule has 3 rings (SSSR count). The van der Waals surface area contributed by atoms with Gasteiger partial charge in [0.25, 0.3) is 5.89 Å². The number of hydrogen-bond acceptors (Lipinski definition) is 6. The average molecular weight is 380 g/mol. The number of methoxy groups -OCH3 is 1. The van der Waals surface area contributed by atoms with Crippen molar-refractivity contribution in [3.8, 4) is 16.5 Å². The number of halogens is 1. The predicted octanol–water partition coefficient (Wildman–Crippen LogP) is 3.17. The third-order valence-corrected chi connectivity index (χ3v) is 4.65. The van der Waals surface area contributed by atoms with Gasteiger partial charge in [0, 0.05) is 11.1 Å². The molecule has 3 aromatic rings. The summed E-state index contributed by atoms with van der Waals surface area (Å²) in [6, 6.07) is 6.91. The largest absolute Gasteiger partial charge is 0.495 e. The molecule has 0 aliphatic carbocycles. The zero-order valence-electron chi connectivity index (χ0n) is 13.4. The first-order valence-corrected chi connectivity index (χ1v) is 8.49. The van der Waals surface area contributed by atoms with Crippen molar-refractivity contribution >= 4 is 34.5 Å². The van der Waals surface area contributed by atoms with Gasteiger partial charge in [-0.2, -0.15) is 4.68 Å². The molecule has 0 aliphatic heterocycles. The quantitative estimate of drug-likeness (QED) is 0.735. The topological polar surface area (TPSA) is 86.4 Å². The lowest BCUT2D eigenvalue weighted by molar-refractivity contribution is -0.117. The van der Waals surface area contributed by atoms with E-state index in [4.69, 9.17) is 20.8 Å². The zero-order chi connectivity index (χ0) is 18.0. The lowest BCUT2D eigenvalue weighted by Gasteiger charge is -2.12. The number of carbonyl (C=O) groups is 1. The van der Waals surface area contributed by atoms with Crippen LogP contribution in [0.25, 0.3) is 10.8 Å². The van der Waals surface area contributed by atoms with Gasteiger partial charge in [0.1, 0.15) is 12.3 Å². The summed E-state index contributed by atoms with van der Waals surface area (Å²) in [5.41, 5.74) is 1.25. The Balaban J connectivity index is 1.78. The van der Waals surface area contributed by atoms with E-state index < -0.39 is 11.7 Å². The van der Waals surface area contributed by atoms with E-state index in [9.17, 15) is 9.59 Å². The maximum atomic E-state index is 12.3. The lowest BCUT2D eigenvalue weighted by Crippen LogP contribution is -2.26. The van der Waals surface area contributed by atoms with E-state index in [0.717, 1.165) is 10.2 Å². The summed E-state index contributed by atoms with van der Waals surface area (Å²) in [4.78, 5) is 24.8. The molecule has 7 nitrogen and oxygen atoms in total. The number of aryl methyl sites for hydroxylation is 1. The summed E-state index contributed by atoms with van der Waals surface area (Å²) in [5.74, 6) is -0.519. The zero-order valence-corrected chi connectivity index (χ0v) is 15.0. The second kappa shape index (κ2) is 7.12. The fraction of sp³-hybridized carbons (Fsp3) is 0.188. The van der Waals surface area contributed by atoms with Crippen molar-refractivity contribution in [2.24, 2.45) is 0 Å². The van der Waals surface area contributed by atoms with Crippen molar-refractivity contribution in [1.82, 2.24) is 9.78 Å². The van der Waals surface area contributed by atoms with Crippen LogP contribution >= 0.6 is 22.9 Å². The van der Waals surface area contributed by atoms with E-state index in [2.05, 4.69) is 10.4 Å². The van der Waals surface area contributed by atoms with Gasteiger partial charge in [0.05, 0.1) is 17.7 Å². The van der Waals surface area contributed by atoms with Crippen LogP contribution in [0.5, 0.6) is 5.75 Å². The Morgan fingerprint density at radius 3 is 2.96 bits per heavy atom. The predicted molar refractivity (Wildman–Crippen MR) is 95.4 cm³/mol. The highest BCUT2D eigenvalue weighted by Crippen LogP contribution is 2.30. The Bertz CT molecular complexity index is 962. The van der Waals surface area contributed by atoms with E-state index in [0.29, 0.717) is 21.3 Å². The summed E-state index contributed by atoms with van der Waals surface area (Å²) in [7, 11) is 1.48. The van der Waals surface area contributed by atoms with E-state index >= 15 is 0 Å². The minimum absolute atomic E-state index is 0.188. The van der Waals surface area contributed by atoms with Crippen molar-refractivity contribution in [2.45, 2.75) is 13.5 Å². The normalized spacial score (nSPS) is 10.7. The molecule has 1 aromatic carbocycles. The lowest BCUT2D eigenvalue weighted by atomic mass is 10.2. The molecule has 0 unspecified atom stereocenters. The number of carbonyl (C=O) groups excluding carboxylic acids is 1. The van der Waals surface area contributed by atoms with Crippen LogP contribution in [0.3, 0.4) is 0 Å². The Morgan fingerprint density at radius 2 is 2.28 bits per heavy atom. The van der Waals surface area contributed by atoms with E-state index in [-0.39, 0.29) is 12.4 Å². The van der Waals surface area contributed by atoms with E-state index in [1.165, 1.54) is 18.4 Å². The molecular weight excluding hydrogens is 366 g/mol. The number of amides is 1. The maximum Gasteiger partial charge on any atom is 0.437 e. The smallest absolute Gasteiger partial charge is 0.437 e. The summed E-state index contributed by atoms with van der Waals surface area (Å²) in [6.45, 7) is 1.53. The number of nitrogens with one attached hydrogen (secondary N) is 1. The van der Waals surface area contributed by atoms with Crippen molar-refractivity contribution in [3.63, 3.8) is 0 Å². The molecule has 0 saturated heterocycles. The SMILES string of the molecule is COc1cc(Cl)c(C)cc1NC(=O)Cn1nc(-c2cccs2)oc1=O. The van der Waals surface area contributed by atoms with Crippen LogP contribution < -0.4 is 15.8 Å². The number of ether oxygens (including phenoxy) is 1. The van der Waals surface area contributed by atoms with Crippen molar-refractivity contribution in [3.05, 3.63) is 50.8 Å². The average Bonchev–Trinajstić information content (AvgIpc) is 3.21. The van der Waals surface area contributed by atoms with Crippen molar-refractivity contribution < 1.29 is 13.9 Å². The Labute approximate surface area is 151 Å². The Hall–Kier alpha value is -2.58. The summed E-state index contributed by atoms with van der Waals surface area (Å²) >= 11 is 7.43. The van der Waals surface area contributed by atoms with Crippen molar-refractivity contribution in [2.75, 3.05) is 12.4 Å². The molecule has 0 saturated carbocycles. The number of aromatic nitrogens is 2. The fourth-order valence-corrected chi connectivity index (χ4v) is 2.96. The van der Waals surface area contributed by atoms with E-state index in [1.807, 2.05) is 18.4 Å². The highest BCUT2D eigenvalue weighted by atomic mass is 35.5. The summed E-state index contributed by atoms with van der Waals surface area (Å²) < 4.78 is 11.3. The van der Waals surface area contributed by atoms with Gasteiger partial charge < -0.3 is 14.5 Å². The summed E-state index contributed by atoms with van der Waals surface area (Å²) in [5, 5.41) is 9.10. The van der Waals surface area contributed by atoms with Gasteiger partial charge in [-0.05, 0) is 30.0 Å². The Kier molecular flexibility index (Phi) is 4.91. The minimum Gasteiger partial charge on any atom is -0.495 e. The molecule has 9 heteroatoms. The van der Waals surface area contributed by atoms with Crippen LogP contribution in [0.4, 0.5) is 5.69 Å². The van der Waals surface area contributed by atoms with Crippen LogP contribution in [0.15, 0.2) is 38.9 Å². The molecule has 2 heterocycles. The standard InChI is InChI=1S/C16H14ClN3O4S/c1-9-6-11(12(23-2)7-10(9)17)18-14(21)8-20-16(22)24-15(19-20)13-4-3-5-25-13/h3-7H,8H2,1-2H3,(H,18,21). The number of nitrogens with zero attached hydrogens (tertiary/aromatic N) is 2. The third-order valence-electron chi connectivity index (χ3n) is 3.39. The highest BCUT2D eigenvalue weighted by molar-refractivity contribution is 7.13. The van der Waals surface area contributed by atoms with Crippen LogP contribution in [-0.2, 0) is 11.3 Å². The van der Waals surface area contributed by atoms with Crippen molar-refractivity contribution in [1.29, 1.82) is 0 Å². The molecule has 0 spiro atoms. The fourth-order valence-electron chi connectivity index (χ4n) is 2.16. The van der Waals surface area contributed by atoms with Gasteiger partial charge in [-0.1, -0.05) is 17.7 Å². The monoisotopic (exact) mass is 379 g/mol. The van der Waals surface area contributed by atoms with Gasteiger partial charge >= 0.3 is 5.76 Å². The first-order valence-electron chi connectivity index (χ1n) is 7.23. The van der Waals surface area contributed by atoms with E-state index in [1.54, 1.807) is 18.2 Å². The molecule has 0 aliphatic rings. The number of hydrogen-bond donors (Lipinski definition) is 1. The number of rotatable bonds is 5. The number of benzene rings is 1. The van der Waals surface area contributed by atoms with Crippen LogP contribution in [0.1, 0.15) is 5.56 Å². The molecular formula is C16H14ClN3O4S. The summed E-state index contributed by atoms with van der Waals surface area (Å²) in [6.07, 6.45) is 0. The van der Waals surface area contributed by atoms with Gasteiger partial charge in [0.2, 0.25) is 5.91 Å². The number of anilines is 1. The van der Waals surface area contributed by atoms with Gasteiger partial charge in [-0.25, -0.2) is 4.79 Å². The third kappa shape index (κ3) is 3.75. The minimum atomic E-state index is -0.696. The molecule has 1 amide bonds. The highest BCUT2D eigenvalue weighted by Gasteiger charge is 2.15. The maximum absolute atomic E-state index is 12.3. The number of thiophene rings is 1. The Morgan fingerprint density at radius 1 is 1.48 bits per heavy atom. The molecule has 0 fully saturated rings. The van der Waals surface area contributed by atoms with Gasteiger partial charge in [-0.15, -0.1) is 16.4 Å². The second-order valence-electron chi connectivity index (χ2n) is 5.16. The second-order valence-corrected chi connectivity index (χ2v) is 6.51. The molecule has 2 aromatic heterocycles. The van der Waals surface area contributed by atoms with Gasteiger partial charge in [0.15, 0.2) is 0 Å². The molecule has 0 radical (unpaired) electrons. The molecule has 0 bridgehead atoms. The van der Waals surface area contributed by atoms with Crippen LogP contribution in [0.2, 0.25) is 5.02 Å². The molecule has 0 atom stereocenters. The van der Waals surface area contributed by atoms with Crippen LogP contribution in [0, 0.1) is 6.92 Å². The molecule has 130 valence electrons. The van der Waals surface area contributed by atoms with Gasteiger partial charge in [-0.3, -0.25) is 4.79 Å². The first-order chi connectivity index (χ1) is 12.0. The first kappa shape index (κ1) is 17.2. The molecule has 1 N–H and O–H groups in total. The molecule has 25 heavy (non-hydrogen) atoms.